The third kappa shape index (κ3) is 2.86. The van der Waals surface area contributed by atoms with Crippen molar-refractivity contribution in [3.05, 3.63) is 22.7 Å². The zero-order valence-electron chi connectivity index (χ0n) is 10.8. The maximum atomic E-state index is 12.6. The first-order valence-electron chi connectivity index (χ1n) is 5.89. The second-order valence-corrected chi connectivity index (χ2v) is 6.61. The number of hydrogen-bond donors (Lipinski definition) is 0. The zero-order valence-corrected chi connectivity index (χ0v) is 12.4. The molecule has 1 fully saturated rings. The Labute approximate surface area is 118 Å². The van der Waals surface area contributed by atoms with E-state index in [1.165, 1.54) is 17.5 Å². The smallest absolute Gasteiger partial charge is 0.246 e. The summed E-state index contributed by atoms with van der Waals surface area (Å²) in [7, 11) is -2.15. The van der Waals surface area contributed by atoms with Gasteiger partial charge in [-0.1, -0.05) is 11.6 Å². The van der Waals surface area contributed by atoms with E-state index < -0.39 is 10.0 Å². The molecule has 0 aromatic heterocycles. The fourth-order valence-electron chi connectivity index (χ4n) is 2.08. The molecule has 0 amide bonds. The Kier molecular flexibility index (Phi) is 4.35. The molecule has 0 aliphatic carbocycles. The molecular weight excluding hydrogens is 290 g/mol. The molecule has 0 unspecified atom stereocenters. The highest BCUT2D eigenvalue weighted by molar-refractivity contribution is 7.89. The van der Waals surface area contributed by atoms with Crippen LogP contribution in [0.1, 0.15) is 5.56 Å². The Morgan fingerprint density at radius 3 is 2.53 bits per heavy atom. The normalized spacial score (nSPS) is 17.4. The molecule has 19 heavy (non-hydrogen) atoms. The van der Waals surface area contributed by atoms with E-state index in [1.807, 2.05) is 0 Å². The minimum atomic E-state index is -3.61. The monoisotopic (exact) mass is 305 g/mol. The molecular formula is C12H16ClNO4S. The van der Waals surface area contributed by atoms with Gasteiger partial charge in [-0.05, 0) is 24.6 Å². The van der Waals surface area contributed by atoms with Crippen LogP contribution in [0.3, 0.4) is 0 Å². The second kappa shape index (κ2) is 5.66. The van der Waals surface area contributed by atoms with Crippen LogP contribution >= 0.6 is 11.6 Å². The summed E-state index contributed by atoms with van der Waals surface area (Å²) in [5, 5.41) is 0.380. The average Bonchev–Trinajstić information content (AvgIpc) is 2.39. The lowest BCUT2D eigenvalue weighted by atomic mass is 10.2. The van der Waals surface area contributed by atoms with Gasteiger partial charge < -0.3 is 9.47 Å². The van der Waals surface area contributed by atoms with Crippen LogP contribution in [0.2, 0.25) is 5.02 Å². The van der Waals surface area contributed by atoms with Crippen LogP contribution in [0, 0.1) is 6.92 Å². The number of benzene rings is 1. The second-order valence-electron chi connectivity index (χ2n) is 4.27. The van der Waals surface area contributed by atoms with Crippen molar-refractivity contribution in [1.82, 2.24) is 4.31 Å². The number of nitrogens with zero attached hydrogens (tertiary/aromatic N) is 1. The van der Waals surface area contributed by atoms with Gasteiger partial charge in [0.05, 0.1) is 20.3 Å². The molecule has 0 radical (unpaired) electrons. The Balaban J connectivity index is 2.50. The summed E-state index contributed by atoms with van der Waals surface area (Å²) in [6, 6.07) is 3.11. The lowest BCUT2D eigenvalue weighted by molar-refractivity contribution is 0.0729. The summed E-state index contributed by atoms with van der Waals surface area (Å²) >= 11 is 5.96. The van der Waals surface area contributed by atoms with Crippen LogP contribution in [0.15, 0.2) is 17.0 Å². The molecule has 5 nitrogen and oxygen atoms in total. The molecule has 1 aromatic rings. The van der Waals surface area contributed by atoms with Crippen molar-refractivity contribution in [1.29, 1.82) is 0 Å². The molecule has 0 N–H and O–H groups in total. The summed E-state index contributed by atoms with van der Waals surface area (Å²) in [6.45, 7) is 3.26. The number of halogens is 1. The minimum absolute atomic E-state index is 0.113. The number of morpholine rings is 1. The van der Waals surface area contributed by atoms with Gasteiger partial charge in [0.25, 0.3) is 0 Å². The molecule has 0 saturated carbocycles. The maximum absolute atomic E-state index is 12.6. The first kappa shape index (κ1) is 14.6. The van der Waals surface area contributed by atoms with Gasteiger partial charge in [0.1, 0.15) is 10.6 Å². The molecule has 0 atom stereocenters. The van der Waals surface area contributed by atoms with Crippen molar-refractivity contribution in [2.75, 3.05) is 33.4 Å². The van der Waals surface area contributed by atoms with Gasteiger partial charge in [-0.3, -0.25) is 0 Å². The van der Waals surface area contributed by atoms with Crippen molar-refractivity contribution < 1.29 is 17.9 Å². The van der Waals surface area contributed by atoms with Gasteiger partial charge in [0.15, 0.2) is 0 Å². The van der Waals surface area contributed by atoms with Gasteiger partial charge >= 0.3 is 0 Å². The van der Waals surface area contributed by atoms with Crippen LogP contribution in [-0.4, -0.2) is 46.1 Å². The van der Waals surface area contributed by atoms with Crippen LogP contribution in [0.25, 0.3) is 0 Å². The first-order chi connectivity index (χ1) is 8.96. The van der Waals surface area contributed by atoms with Crippen molar-refractivity contribution in [2.24, 2.45) is 0 Å². The van der Waals surface area contributed by atoms with Gasteiger partial charge in [0.2, 0.25) is 10.0 Å². The highest BCUT2D eigenvalue weighted by atomic mass is 35.5. The van der Waals surface area contributed by atoms with E-state index in [0.717, 1.165) is 0 Å². The predicted molar refractivity (Wildman–Crippen MR) is 72.3 cm³/mol. The first-order valence-corrected chi connectivity index (χ1v) is 7.70. The van der Waals surface area contributed by atoms with Gasteiger partial charge in [-0.25, -0.2) is 8.42 Å². The van der Waals surface area contributed by atoms with Crippen molar-refractivity contribution >= 4 is 21.6 Å². The topological polar surface area (TPSA) is 55.8 Å². The van der Waals surface area contributed by atoms with Crippen molar-refractivity contribution in [3.8, 4) is 5.75 Å². The van der Waals surface area contributed by atoms with Crippen molar-refractivity contribution in [2.45, 2.75) is 11.8 Å². The highest BCUT2D eigenvalue weighted by Crippen LogP contribution is 2.33. The average molecular weight is 306 g/mol. The Morgan fingerprint density at radius 2 is 1.95 bits per heavy atom. The third-order valence-electron chi connectivity index (χ3n) is 3.00. The van der Waals surface area contributed by atoms with Crippen LogP contribution < -0.4 is 4.74 Å². The van der Waals surface area contributed by atoms with Gasteiger partial charge in [-0.15, -0.1) is 0 Å². The van der Waals surface area contributed by atoms with E-state index in [0.29, 0.717) is 42.6 Å². The van der Waals surface area contributed by atoms with E-state index in [4.69, 9.17) is 21.1 Å². The maximum Gasteiger partial charge on any atom is 0.246 e. The van der Waals surface area contributed by atoms with E-state index >= 15 is 0 Å². The zero-order chi connectivity index (χ0) is 14.0. The number of rotatable bonds is 3. The Bertz CT molecular complexity index is 567. The third-order valence-corrected chi connectivity index (χ3v) is 5.12. The van der Waals surface area contributed by atoms with Gasteiger partial charge in [0, 0.05) is 18.1 Å². The summed E-state index contributed by atoms with van der Waals surface area (Å²) in [6.07, 6.45) is 0. The number of ether oxygens (including phenoxy) is 2. The molecule has 2 rings (SSSR count). The Morgan fingerprint density at radius 1 is 1.32 bits per heavy atom. The van der Waals surface area contributed by atoms with Crippen LogP contribution in [0.4, 0.5) is 0 Å². The quantitative estimate of drug-likeness (QED) is 0.852. The standard InChI is InChI=1S/C12H16ClNO4S/c1-9-7-10(13)8-11(12(9)17-2)19(15,16)14-3-5-18-6-4-14/h7-8H,3-6H2,1-2H3. The SMILES string of the molecule is COc1c(C)cc(Cl)cc1S(=O)(=O)N1CCOCC1. The van der Waals surface area contributed by atoms with E-state index in [2.05, 4.69) is 0 Å². The fraction of sp³-hybridized carbons (Fsp3) is 0.500. The molecule has 1 saturated heterocycles. The number of aryl methyl sites for hydroxylation is 1. The Hall–Kier alpha value is -0.820. The number of sulfonamides is 1. The molecule has 1 aliphatic rings. The molecule has 0 spiro atoms. The van der Waals surface area contributed by atoms with Crippen LogP contribution in [-0.2, 0) is 14.8 Å². The van der Waals surface area contributed by atoms with E-state index in [9.17, 15) is 8.42 Å². The molecule has 1 aromatic carbocycles. The lowest BCUT2D eigenvalue weighted by Gasteiger charge is -2.27. The molecule has 106 valence electrons. The van der Waals surface area contributed by atoms with Gasteiger partial charge in [-0.2, -0.15) is 4.31 Å². The minimum Gasteiger partial charge on any atom is -0.495 e. The highest BCUT2D eigenvalue weighted by Gasteiger charge is 2.30. The number of methoxy groups -OCH3 is 1. The number of hydrogen-bond acceptors (Lipinski definition) is 4. The van der Waals surface area contributed by atoms with Crippen LogP contribution in [0.5, 0.6) is 5.75 Å². The largest absolute Gasteiger partial charge is 0.495 e. The fourth-order valence-corrected chi connectivity index (χ4v) is 4.08. The molecule has 1 aliphatic heterocycles. The summed E-state index contributed by atoms with van der Waals surface area (Å²) < 4.78 is 37.0. The summed E-state index contributed by atoms with van der Waals surface area (Å²) in [5.74, 6) is 0.343. The summed E-state index contributed by atoms with van der Waals surface area (Å²) in [4.78, 5) is 0.113. The summed E-state index contributed by atoms with van der Waals surface area (Å²) in [5.41, 5.74) is 0.696. The molecule has 0 bridgehead atoms. The lowest BCUT2D eigenvalue weighted by Crippen LogP contribution is -2.40. The van der Waals surface area contributed by atoms with E-state index in [-0.39, 0.29) is 4.90 Å². The molecule has 7 heteroatoms. The molecule has 1 heterocycles. The van der Waals surface area contributed by atoms with Crippen molar-refractivity contribution in [3.63, 3.8) is 0 Å². The van der Waals surface area contributed by atoms with E-state index in [1.54, 1.807) is 13.0 Å². The predicted octanol–water partition coefficient (Wildman–Crippen LogP) is 1.68.